The number of likely N-dealkylation sites (N-methyl/N-ethyl adjacent to an activating group) is 1. The molecule has 1 aromatic rings. The molecule has 3 rings (SSSR count). The van der Waals surface area contributed by atoms with Gasteiger partial charge in [0, 0.05) is 39.5 Å². The van der Waals surface area contributed by atoms with Gasteiger partial charge in [-0.25, -0.2) is 4.79 Å². The molecule has 0 bridgehead atoms. The van der Waals surface area contributed by atoms with E-state index < -0.39 is 5.60 Å². The van der Waals surface area contributed by atoms with Crippen molar-refractivity contribution in [2.45, 2.75) is 44.6 Å². The van der Waals surface area contributed by atoms with Crippen molar-refractivity contribution in [3.63, 3.8) is 0 Å². The number of likely N-dealkylation sites (tertiary alicyclic amines) is 1. The van der Waals surface area contributed by atoms with Crippen LogP contribution >= 0.6 is 0 Å². The molecule has 1 aromatic carbocycles. The minimum absolute atomic E-state index is 0.0325. The van der Waals surface area contributed by atoms with Gasteiger partial charge < -0.3 is 25.7 Å². The minimum atomic E-state index is -0.622. The van der Waals surface area contributed by atoms with Crippen LogP contribution in [0.2, 0.25) is 0 Å². The third-order valence-electron chi connectivity index (χ3n) is 5.79. The summed E-state index contributed by atoms with van der Waals surface area (Å²) in [6.45, 7) is 5.34. The number of nitrogens with zero attached hydrogens (tertiary/aromatic N) is 1. The summed E-state index contributed by atoms with van der Waals surface area (Å²) < 4.78 is 6.15. The fraction of sp³-hybridized carbons (Fsp3) is 0.500. The van der Waals surface area contributed by atoms with Gasteiger partial charge in [-0.1, -0.05) is 37.3 Å². The molecule has 1 atom stereocenters. The Hall–Kier alpha value is -2.83. The van der Waals surface area contributed by atoms with Crippen LogP contribution in [0.3, 0.4) is 0 Å². The summed E-state index contributed by atoms with van der Waals surface area (Å²) >= 11 is 0. The van der Waals surface area contributed by atoms with Crippen LogP contribution in [0.5, 0.6) is 0 Å². The number of amides is 2. The molecule has 3 N–H and O–H groups in total. The van der Waals surface area contributed by atoms with E-state index >= 15 is 0 Å². The molecule has 1 fully saturated rings. The van der Waals surface area contributed by atoms with E-state index in [1.54, 1.807) is 18.9 Å². The molecule has 0 saturated carbocycles. The number of benzene rings is 1. The van der Waals surface area contributed by atoms with E-state index in [0.717, 1.165) is 0 Å². The molecule has 1 spiro atoms. The maximum atomic E-state index is 12.6. The van der Waals surface area contributed by atoms with E-state index in [-0.39, 0.29) is 29.9 Å². The number of allylic oxidation sites excluding steroid dienone is 2. The highest BCUT2D eigenvalue weighted by molar-refractivity contribution is 6.06. The topological polar surface area (TPSA) is 94.5 Å². The van der Waals surface area contributed by atoms with E-state index in [0.29, 0.717) is 43.9 Å². The van der Waals surface area contributed by atoms with Crippen molar-refractivity contribution in [2.24, 2.45) is 0 Å². The molecule has 2 heterocycles. The Kier molecular flexibility index (Phi) is 6.25. The maximum Gasteiger partial charge on any atom is 0.317 e. The van der Waals surface area contributed by atoms with Crippen molar-refractivity contribution >= 4 is 17.5 Å². The molecule has 2 aliphatic rings. The van der Waals surface area contributed by atoms with Gasteiger partial charge in [-0.05, 0) is 18.4 Å². The Balaban J connectivity index is 1.56. The van der Waals surface area contributed by atoms with Gasteiger partial charge in [0.25, 0.3) is 0 Å². The summed E-state index contributed by atoms with van der Waals surface area (Å²) in [5.41, 5.74) is 1.18. The first-order valence-corrected chi connectivity index (χ1v) is 10.1. The van der Waals surface area contributed by atoms with Gasteiger partial charge in [0.1, 0.15) is 11.3 Å². The van der Waals surface area contributed by atoms with Crippen LogP contribution in [0.15, 0.2) is 41.8 Å². The first-order chi connectivity index (χ1) is 13.8. The number of hydrogen-bond donors (Lipinski definition) is 3. The highest BCUT2D eigenvalue weighted by Gasteiger charge is 2.45. The van der Waals surface area contributed by atoms with Crippen LogP contribution in [0.1, 0.15) is 44.6 Å². The van der Waals surface area contributed by atoms with Gasteiger partial charge in [-0.2, -0.15) is 0 Å². The molecule has 0 radical (unpaired) electrons. The predicted octanol–water partition coefficient (Wildman–Crippen LogP) is 2.79. The Morgan fingerprint density at radius 2 is 1.93 bits per heavy atom. The maximum absolute atomic E-state index is 12.6. The number of urea groups is 1. The standard InChI is InChI=1S/C22H30N4O3/c1-15(17-7-5-4-6-8-17)14-25-21(28)26-11-9-22(10-12-26)13-18(27)19(24-3)20(29-22)16(2)23/h4-8,15,23-24H,9-14H2,1-3H3,(H,25,28)/t15-/m0/s1. The first kappa shape index (κ1) is 20.9. The van der Waals surface area contributed by atoms with Crippen LogP contribution in [0.25, 0.3) is 0 Å². The average Bonchev–Trinajstić information content (AvgIpc) is 2.72. The summed E-state index contributed by atoms with van der Waals surface area (Å²) in [4.78, 5) is 26.9. The van der Waals surface area contributed by atoms with Crippen LogP contribution < -0.4 is 10.6 Å². The Morgan fingerprint density at radius 1 is 1.28 bits per heavy atom. The molecule has 7 heteroatoms. The lowest BCUT2D eigenvalue weighted by Crippen LogP contribution is -2.53. The molecule has 7 nitrogen and oxygen atoms in total. The fourth-order valence-corrected chi connectivity index (χ4v) is 3.98. The normalized spacial score (nSPS) is 19.6. The Labute approximate surface area is 172 Å². The highest BCUT2D eigenvalue weighted by Crippen LogP contribution is 2.37. The summed E-state index contributed by atoms with van der Waals surface area (Å²) in [7, 11) is 1.67. The van der Waals surface area contributed by atoms with Crippen molar-refractivity contribution in [3.05, 3.63) is 47.4 Å². The molecular formula is C22H30N4O3. The SMILES string of the molecule is CNC1=C(C(C)=N)OC2(CCN(C(=O)NC[C@H](C)c3ccccc3)CC2)CC1=O. The van der Waals surface area contributed by atoms with Gasteiger partial charge in [0.2, 0.25) is 0 Å². The van der Waals surface area contributed by atoms with Gasteiger partial charge in [-0.3, -0.25) is 4.79 Å². The van der Waals surface area contributed by atoms with E-state index in [1.165, 1.54) is 5.56 Å². The van der Waals surface area contributed by atoms with Gasteiger partial charge in [-0.15, -0.1) is 0 Å². The summed E-state index contributed by atoms with van der Waals surface area (Å²) in [5, 5.41) is 13.8. The number of carbonyl (C=O) groups is 2. The number of piperidine rings is 1. The second-order valence-corrected chi connectivity index (χ2v) is 7.95. The second-order valence-electron chi connectivity index (χ2n) is 7.95. The summed E-state index contributed by atoms with van der Waals surface area (Å²) in [6.07, 6.45) is 1.43. The van der Waals surface area contributed by atoms with Crippen molar-refractivity contribution in [3.8, 4) is 0 Å². The van der Waals surface area contributed by atoms with Crippen molar-refractivity contribution in [1.29, 1.82) is 5.41 Å². The van der Waals surface area contributed by atoms with Gasteiger partial charge >= 0.3 is 6.03 Å². The van der Waals surface area contributed by atoms with Gasteiger partial charge in [0.05, 0.1) is 12.1 Å². The Morgan fingerprint density at radius 3 is 2.52 bits per heavy atom. The quantitative estimate of drug-likeness (QED) is 0.665. The number of ether oxygens (including phenoxy) is 1. The van der Waals surface area contributed by atoms with E-state index in [4.69, 9.17) is 10.1 Å². The molecule has 1 saturated heterocycles. The first-order valence-electron chi connectivity index (χ1n) is 10.1. The van der Waals surface area contributed by atoms with Gasteiger partial charge in [0.15, 0.2) is 11.5 Å². The summed E-state index contributed by atoms with van der Waals surface area (Å²) in [6, 6.07) is 10.0. The molecule has 0 aromatic heterocycles. The zero-order chi connectivity index (χ0) is 21.0. The van der Waals surface area contributed by atoms with Crippen LogP contribution in [-0.2, 0) is 9.53 Å². The largest absolute Gasteiger partial charge is 0.482 e. The molecule has 0 unspecified atom stereocenters. The number of ketones is 1. The third-order valence-corrected chi connectivity index (χ3v) is 5.79. The van der Waals surface area contributed by atoms with Crippen molar-refractivity contribution in [2.75, 3.05) is 26.7 Å². The van der Waals surface area contributed by atoms with E-state index in [2.05, 4.69) is 29.7 Å². The lowest BCUT2D eigenvalue weighted by molar-refractivity contribution is -0.128. The average molecular weight is 399 g/mol. The number of rotatable bonds is 5. The zero-order valence-electron chi connectivity index (χ0n) is 17.4. The third kappa shape index (κ3) is 4.60. The second kappa shape index (κ2) is 8.68. The van der Waals surface area contributed by atoms with Crippen molar-refractivity contribution < 1.29 is 14.3 Å². The predicted molar refractivity (Wildman–Crippen MR) is 112 cm³/mol. The summed E-state index contributed by atoms with van der Waals surface area (Å²) in [5.74, 6) is 0.534. The van der Waals surface area contributed by atoms with Crippen LogP contribution in [0, 0.1) is 5.41 Å². The molecule has 2 amide bonds. The minimum Gasteiger partial charge on any atom is -0.482 e. The number of nitrogens with one attached hydrogen (secondary N) is 3. The Bertz CT molecular complexity index is 811. The smallest absolute Gasteiger partial charge is 0.317 e. The van der Waals surface area contributed by atoms with Crippen LogP contribution in [-0.4, -0.2) is 54.7 Å². The van der Waals surface area contributed by atoms with Crippen molar-refractivity contribution in [1.82, 2.24) is 15.5 Å². The monoisotopic (exact) mass is 398 g/mol. The van der Waals surface area contributed by atoms with Crippen LogP contribution in [0.4, 0.5) is 4.79 Å². The molecular weight excluding hydrogens is 368 g/mol. The molecule has 0 aliphatic carbocycles. The number of hydrogen-bond acceptors (Lipinski definition) is 5. The fourth-order valence-electron chi connectivity index (χ4n) is 3.98. The molecule has 2 aliphatic heterocycles. The number of Topliss-reactive ketones (excluding diaryl/α,β-unsaturated/α-hetero) is 1. The van der Waals surface area contributed by atoms with E-state index in [9.17, 15) is 9.59 Å². The highest BCUT2D eigenvalue weighted by atomic mass is 16.5. The molecule has 29 heavy (non-hydrogen) atoms. The van der Waals surface area contributed by atoms with E-state index in [1.807, 2.05) is 18.2 Å². The number of carbonyl (C=O) groups excluding carboxylic acids is 2. The lowest BCUT2D eigenvalue weighted by atomic mass is 9.83. The lowest BCUT2D eigenvalue weighted by Gasteiger charge is -2.44. The molecule has 156 valence electrons. The zero-order valence-corrected chi connectivity index (χ0v) is 17.4.